The van der Waals surface area contributed by atoms with E-state index in [4.69, 9.17) is 9.47 Å². The van der Waals surface area contributed by atoms with Crippen LogP contribution in [-0.2, 0) is 14.3 Å². The van der Waals surface area contributed by atoms with Gasteiger partial charge in [-0.15, -0.1) is 0 Å². The average molecular weight is 635 g/mol. The molecule has 0 spiro atoms. The van der Waals surface area contributed by atoms with Gasteiger partial charge >= 0.3 is 5.97 Å². The van der Waals surface area contributed by atoms with E-state index in [0.717, 1.165) is 44.1 Å². The summed E-state index contributed by atoms with van der Waals surface area (Å²) in [4.78, 5) is 14.4. The van der Waals surface area contributed by atoms with Crippen LogP contribution < -0.4 is 0 Å². The predicted molar refractivity (Wildman–Crippen MR) is 166 cm³/mol. The molecule has 9 heteroatoms. The fraction of sp³-hybridized carbons (Fsp3) is 0.917. The van der Waals surface area contributed by atoms with Gasteiger partial charge in [-0.1, -0.05) is 46.8 Å². The third-order valence-corrected chi connectivity index (χ3v) is 15.5. The number of ether oxygens (including phenoxy) is 2. The Morgan fingerprint density at radius 2 is 1.53 bits per heavy atom. The van der Waals surface area contributed by atoms with Crippen molar-refractivity contribution in [1.29, 1.82) is 0 Å². The van der Waals surface area contributed by atoms with Gasteiger partial charge in [-0.05, 0) is 116 Å². The minimum Gasteiger partial charge on any atom is -0.432 e. The Bertz CT molecular complexity index is 1190. The fourth-order valence-corrected chi connectivity index (χ4v) is 13.0. The molecular weight excluding hydrogens is 576 g/mol. The topological polar surface area (TPSA) is 157 Å². The van der Waals surface area contributed by atoms with E-state index in [-0.39, 0.29) is 39.4 Å². The van der Waals surface area contributed by atoms with Crippen LogP contribution in [0.3, 0.4) is 0 Å². The Morgan fingerprint density at radius 3 is 2.18 bits per heavy atom. The fourth-order valence-electron chi connectivity index (χ4n) is 13.0. The summed E-state index contributed by atoms with van der Waals surface area (Å²) >= 11 is 0. The van der Waals surface area contributed by atoms with E-state index < -0.39 is 60.9 Å². The second kappa shape index (κ2) is 11.0. The summed E-state index contributed by atoms with van der Waals surface area (Å²) < 4.78 is 11.5. The number of carbonyl (C=O) groups is 1. The number of hydrogen-bond acceptors (Lipinski definition) is 9. The van der Waals surface area contributed by atoms with Crippen molar-refractivity contribution in [2.45, 2.75) is 142 Å². The lowest BCUT2D eigenvalue weighted by atomic mass is 9.32. The highest BCUT2D eigenvalue weighted by Gasteiger charge is 2.73. The van der Waals surface area contributed by atoms with Crippen LogP contribution in [0.2, 0.25) is 0 Å². The summed E-state index contributed by atoms with van der Waals surface area (Å²) in [5, 5.41) is 63.2. The SMILES string of the molecule is C=C(C)[C@@H]1CC[C@]2(C(=O)O[C@@H]3O[C@H](CO)[C@@H](O)[C@H](O)[C@H]3O)CC[C@]3(C)[C@H](CC[C@@H]4[C@@]5(C)C[C@@H](O)[C@H](O)C(C)(C)[C@@H]5CC[C@]43C)[C@@H]12. The first-order chi connectivity index (χ1) is 20.9. The smallest absolute Gasteiger partial charge is 0.314 e. The van der Waals surface area contributed by atoms with Gasteiger partial charge in [0, 0.05) is 0 Å². The first-order valence-corrected chi connectivity index (χ1v) is 17.4. The number of aliphatic hydroxyl groups excluding tert-OH is 6. The maximum atomic E-state index is 14.4. The van der Waals surface area contributed by atoms with Crippen LogP contribution in [-0.4, -0.2) is 86.1 Å². The number of esters is 1. The molecule has 16 atom stereocenters. The van der Waals surface area contributed by atoms with Gasteiger partial charge in [0.15, 0.2) is 0 Å². The Balaban J connectivity index is 1.33. The van der Waals surface area contributed by atoms with E-state index in [1.165, 1.54) is 0 Å². The Hall–Kier alpha value is -1.07. The van der Waals surface area contributed by atoms with Gasteiger partial charge in [0.05, 0.1) is 24.2 Å². The molecule has 0 aromatic carbocycles. The number of aliphatic hydroxyl groups is 6. The van der Waals surface area contributed by atoms with Crippen molar-refractivity contribution in [3.8, 4) is 0 Å². The Labute approximate surface area is 268 Å². The molecular formula is C36H58O9. The zero-order valence-electron chi connectivity index (χ0n) is 28.1. The first-order valence-electron chi connectivity index (χ1n) is 17.4. The molecule has 6 rings (SSSR count). The minimum atomic E-state index is -1.63. The van der Waals surface area contributed by atoms with Crippen LogP contribution in [0.15, 0.2) is 12.2 Å². The molecule has 0 radical (unpaired) electrons. The van der Waals surface area contributed by atoms with E-state index in [0.29, 0.717) is 31.1 Å². The predicted octanol–water partition coefficient (Wildman–Crippen LogP) is 3.32. The molecule has 6 aliphatic rings. The molecule has 0 amide bonds. The maximum absolute atomic E-state index is 14.4. The van der Waals surface area contributed by atoms with Crippen molar-refractivity contribution in [1.82, 2.24) is 0 Å². The van der Waals surface area contributed by atoms with Gasteiger partial charge in [0.25, 0.3) is 0 Å². The quantitative estimate of drug-likeness (QED) is 0.202. The highest BCUT2D eigenvalue weighted by molar-refractivity contribution is 5.78. The summed E-state index contributed by atoms with van der Waals surface area (Å²) in [6.45, 7) is 17.4. The molecule has 0 aromatic heterocycles. The molecule has 9 nitrogen and oxygen atoms in total. The highest BCUT2D eigenvalue weighted by atomic mass is 16.7. The lowest BCUT2D eigenvalue weighted by molar-refractivity contribution is -0.299. The third kappa shape index (κ3) is 4.46. The first kappa shape index (κ1) is 33.8. The summed E-state index contributed by atoms with van der Waals surface area (Å²) in [7, 11) is 0. The van der Waals surface area contributed by atoms with Gasteiger partial charge in [-0.2, -0.15) is 0 Å². The molecule has 1 heterocycles. The van der Waals surface area contributed by atoms with Crippen molar-refractivity contribution in [2.75, 3.05) is 6.61 Å². The van der Waals surface area contributed by atoms with Gasteiger partial charge in [0.1, 0.15) is 24.4 Å². The van der Waals surface area contributed by atoms with Crippen molar-refractivity contribution < 1.29 is 44.9 Å². The number of fused-ring (bicyclic) bond motifs is 7. The molecule has 5 aliphatic carbocycles. The van der Waals surface area contributed by atoms with Crippen LogP contribution in [0.4, 0.5) is 0 Å². The number of hydrogen-bond donors (Lipinski definition) is 6. The van der Waals surface area contributed by atoms with Gasteiger partial charge in [0.2, 0.25) is 6.29 Å². The number of allylic oxidation sites excluding steroid dienone is 1. The molecule has 6 N–H and O–H groups in total. The summed E-state index contributed by atoms with van der Waals surface area (Å²) in [5.41, 5.74) is -0.286. The van der Waals surface area contributed by atoms with Gasteiger partial charge < -0.3 is 40.1 Å². The van der Waals surface area contributed by atoms with Crippen molar-refractivity contribution in [3.63, 3.8) is 0 Å². The van der Waals surface area contributed by atoms with E-state index in [1.54, 1.807) is 0 Å². The van der Waals surface area contributed by atoms with Crippen LogP contribution in [0.25, 0.3) is 0 Å². The second-order valence-electron chi connectivity index (χ2n) is 17.5. The zero-order valence-corrected chi connectivity index (χ0v) is 28.1. The van der Waals surface area contributed by atoms with Crippen LogP contribution >= 0.6 is 0 Å². The van der Waals surface area contributed by atoms with Gasteiger partial charge in [-0.3, -0.25) is 4.79 Å². The third-order valence-electron chi connectivity index (χ3n) is 15.5. The molecule has 1 aliphatic heterocycles. The van der Waals surface area contributed by atoms with E-state index >= 15 is 0 Å². The summed E-state index contributed by atoms with van der Waals surface area (Å²) in [6, 6.07) is 0. The van der Waals surface area contributed by atoms with Crippen molar-refractivity contribution >= 4 is 5.97 Å². The number of rotatable bonds is 4. The normalized spacial score (nSPS) is 55.5. The molecule has 0 aromatic rings. The molecule has 0 unspecified atom stereocenters. The summed E-state index contributed by atoms with van der Waals surface area (Å²) in [6.07, 6.45) is -1.29. The standard InChI is InChI=1S/C36H58O9/c1-18(2)19-10-13-36(31(43)45-30-28(41)27(40)26(39)22(17-37)44-30)15-14-34(6)20(25(19)36)8-9-24-33(5)16-21(38)29(42)32(3,4)23(33)11-12-35(24,34)7/h19-30,37-42H,1,8-17H2,2-7H3/t19-,20+,21+,22+,23-,24+,25+,26+,27-,28+,29-,30-,33-,34+,35+,36-/m0/s1. The molecule has 45 heavy (non-hydrogen) atoms. The molecule has 1 saturated heterocycles. The Kier molecular flexibility index (Phi) is 8.25. The average Bonchev–Trinajstić information content (AvgIpc) is 3.38. The van der Waals surface area contributed by atoms with Crippen LogP contribution in [0.5, 0.6) is 0 Å². The number of carbonyl (C=O) groups excluding carboxylic acids is 1. The van der Waals surface area contributed by atoms with Crippen molar-refractivity contribution in [3.05, 3.63) is 12.2 Å². The lowest BCUT2D eigenvalue weighted by Gasteiger charge is -2.73. The van der Waals surface area contributed by atoms with Crippen LogP contribution in [0.1, 0.15) is 99.3 Å². The molecule has 0 bridgehead atoms. The lowest BCUT2D eigenvalue weighted by Crippen LogP contribution is -2.68. The van der Waals surface area contributed by atoms with Gasteiger partial charge in [-0.25, -0.2) is 0 Å². The maximum Gasteiger partial charge on any atom is 0.314 e. The highest BCUT2D eigenvalue weighted by Crippen LogP contribution is 2.77. The Morgan fingerprint density at radius 1 is 0.844 bits per heavy atom. The van der Waals surface area contributed by atoms with Crippen LogP contribution in [0, 0.1) is 56.7 Å². The molecule has 256 valence electrons. The van der Waals surface area contributed by atoms with E-state index in [1.807, 2.05) is 0 Å². The molecule has 5 saturated carbocycles. The zero-order chi connectivity index (χ0) is 33.1. The molecule has 6 fully saturated rings. The second-order valence-corrected chi connectivity index (χ2v) is 17.5. The monoisotopic (exact) mass is 634 g/mol. The van der Waals surface area contributed by atoms with Crippen molar-refractivity contribution in [2.24, 2.45) is 56.7 Å². The van der Waals surface area contributed by atoms with E-state index in [2.05, 4.69) is 48.1 Å². The largest absolute Gasteiger partial charge is 0.432 e. The minimum absolute atomic E-state index is 0.00431. The van der Waals surface area contributed by atoms with E-state index in [9.17, 15) is 35.4 Å². The summed E-state index contributed by atoms with van der Waals surface area (Å²) in [5.74, 6) is 0.652.